The highest BCUT2D eigenvalue weighted by atomic mass is 35.5. The van der Waals surface area contributed by atoms with Gasteiger partial charge in [-0.3, -0.25) is 10.1 Å². The molecule has 8 heteroatoms. The van der Waals surface area contributed by atoms with Crippen LogP contribution in [-0.2, 0) is 5.88 Å². The molecule has 0 saturated heterocycles. The Bertz CT molecular complexity index is 400. The van der Waals surface area contributed by atoms with Crippen molar-refractivity contribution in [3.05, 3.63) is 27.4 Å². The fourth-order valence-corrected chi connectivity index (χ4v) is 1.21. The first-order chi connectivity index (χ1) is 6.97. The minimum absolute atomic E-state index is 0.0788. The van der Waals surface area contributed by atoms with E-state index in [2.05, 4.69) is 4.98 Å². The van der Waals surface area contributed by atoms with Crippen LogP contribution in [0.25, 0.3) is 0 Å². The third kappa shape index (κ3) is 2.30. The molecule has 2 N–H and O–H groups in total. The molecular formula is C7H6ClF2N3O2. The Balaban J connectivity index is 3.42. The largest absolute Gasteiger partial charge is 0.378 e. The molecule has 0 aromatic carbocycles. The minimum atomic E-state index is -2.99. The van der Waals surface area contributed by atoms with Crippen LogP contribution in [0.3, 0.4) is 0 Å². The maximum atomic E-state index is 12.5. The van der Waals surface area contributed by atoms with Crippen LogP contribution in [-0.4, -0.2) is 9.91 Å². The molecule has 15 heavy (non-hydrogen) atoms. The number of nitrogens with two attached hydrogens (primary N) is 1. The lowest BCUT2D eigenvalue weighted by atomic mass is 10.2. The fraction of sp³-hybridized carbons (Fsp3) is 0.286. The van der Waals surface area contributed by atoms with Crippen molar-refractivity contribution in [3.63, 3.8) is 0 Å². The third-order valence-electron chi connectivity index (χ3n) is 1.66. The van der Waals surface area contributed by atoms with E-state index in [0.717, 1.165) is 6.07 Å². The summed E-state index contributed by atoms with van der Waals surface area (Å²) in [5, 5.41) is 10.5. The van der Waals surface area contributed by atoms with E-state index in [0.29, 0.717) is 0 Å². The number of nitro groups is 1. The summed E-state index contributed by atoms with van der Waals surface area (Å²) in [7, 11) is 0. The molecule has 0 spiro atoms. The van der Waals surface area contributed by atoms with Crippen molar-refractivity contribution in [1.29, 1.82) is 0 Å². The molecule has 5 nitrogen and oxygen atoms in total. The van der Waals surface area contributed by atoms with Crippen LogP contribution in [0.4, 0.5) is 20.3 Å². The number of alkyl halides is 3. The Morgan fingerprint density at radius 1 is 1.67 bits per heavy atom. The third-order valence-corrected chi connectivity index (χ3v) is 1.93. The lowest BCUT2D eigenvalue weighted by Crippen LogP contribution is -2.05. The Kier molecular flexibility index (Phi) is 3.35. The second-order valence-electron chi connectivity index (χ2n) is 2.63. The Labute approximate surface area is 88.0 Å². The van der Waals surface area contributed by atoms with Crippen molar-refractivity contribution < 1.29 is 13.7 Å². The van der Waals surface area contributed by atoms with E-state index in [4.69, 9.17) is 17.3 Å². The first-order valence-corrected chi connectivity index (χ1v) is 4.28. The van der Waals surface area contributed by atoms with Gasteiger partial charge in [0.1, 0.15) is 5.56 Å². The maximum Gasteiger partial charge on any atom is 0.320 e. The zero-order valence-electron chi connectivity index (χ0n) is 7.28. The number of nitrogens with zero attached hydrogens (tertiary/aromatic N) is 2. The van der Waals surface area contributed by atoms with E-state index in [1.165, 1.54) is 0 Å². The average Bonchev–Trinajstić information content (AvgIpc) is 2.15. The summed E-state index contributed by atoms with van der Waals surface area (Å²) < 4.78 is 24.9. The van der Waals surface area contributed by atoms with E-state index >= 15 is 0 Å². The van der Waals surface area contributed by atoms with E-state index in [1.54, 1.807) is 0 Å². The highest BCUT2D eigenvalue weighted by Gasteiger charge is 2.26. The topological polar surface area (TPSA) is 82.0 Å². The van der Waals surface area contributed by atoms with Gasteiger partial charge in [0.2, 0.25) is 5.82 Å². The molecule has 0 bridgehead atoms. The summed E-state index contributed by atoms with van der Waals surface area (Å²) in [6, 6.07) is 0.881. The van der Waals surface area contributed by atoms with Crippen LogP contribution in [0.15, 0.2) is 6.07 Å². The van der Waals surface area contributed by atoms with E-state index < -0.39 is 28.4 Å². The smallest absolute Gasteiger partial charge is 0.320 e. The molecule has 0 fully saturated rings. The molecule has 0 amide bonds. The molecule has 1 heterocycles. The van der Waals surface area contributed by atoms with Gasteiger partial charge in [0.05, 0.1) is 16.5 Å². The molecule has 0 unspecified atom stereocenters. The molecule has 0 aliphatic carbocycles. The van der Waals surface area contributed by atoms with Crippen LogP contribution in [0.2, 0.25) is 0 Å². The van der Waals surface area contributed by atoms with Crippen LogP contribution in [0.1, 0.15) is 17.7 Å². The monoisotopic (exact) mass is 237 g/mol. The van der Waals surface area contributed by atoms with E-state index in [1.807, 2.05) is 0 Å². The number of aromatic nitrogens is 1. The Hall–Kier alpha value is -1.50. The highest BCUT2D eigenvalue weighted by Crippen LogP contribution is 2.33. The van der Waals surface area contributed by atoms with Gasteiger partial charge in [-0.05, 0) is 6.07 Å². The van der Waals surface area contributed by atoms with Gasteiger partial charge in [0.15, 0.2) is 0 Å². The molecule has 0 atom stereocenters. The summed E-state index contributed by atoms with van der Waals surface area (Å²) >= 11 is 5.37. The predicted molar refractivity (Wildman–Crippen MR) is 49.8 cm³/mol. The molecule has 1 aromatic rings. The first kappa shape index (κ1) is 11.6. The van der Waals surface area contributed by atoms with Crippen molar-refractivity contribution in [3.8, 4) is 0 Å². The summed E-state index contributed by atoms with van der Waals surface area (Å²) in [4.78, 5) is 13.0. The number of hydrogen-bond donors (Lipinski definition) is 1. The second kappa shape index (κ2) is 4.35. The zero-order valence-corrected chi connectivity index (χ0v) is 8.04. The normalized spacial score (nSPS) is 10.7. The summed E-state index contributed by atoms with van der Waals surface area (Å²) in [6.07, 6.45) is -2.99. The molecule has 0 aliphatic rings. The van der Waals surface area contributed by atoms with Gasteiger partial charge >= 0.3 is 5.69 Å². The quantitative estimate of drug-likeness (QED) is 0.497. The minimum Gasteiger partial charge on any atom is -0.378 e. The molecule has 1 rings (SSSR count). The van der Waals surface area contributed by atoms with E-state index in [-0.39, 0.29) is 11.6 Å². The van der Waals surface area contributed by atoms with Gasteiger partial charge in [-0.25, -0.2) is 13.8 Å². The number of hydrogen-bond acceptors (Lipinski definition) is 4. The number of nitrogen functional groups attached to an aromatic ring is 1. The molecule has 0 saturated carbocycles. The zero-order chi connectivity index (χ0) is 11.6. The Morgan fingerprint density at radius 3 is 2.67 bits per heavy atom. The van der Waals surface area contributed by atoms with Gasteiger partial charge in [-0.15, -0.1) is 11.6 Å². The first-order valence-electron chi connectivity index (χ1n) is 3.75. The SMILES string of the molecule is Nc1nc(CCl)cc(C(F)F)c1[N+](=O)[O-]. The Morgan fingerprint density at radius 2 is 2.27 bits per heavy atom. The van der Waals surface area contributed by atoms with Crippen LogP contribution in [0.5, 0.6) is 0 Å². The number of rotatable bonds is 3. The van der Waals surface area contributed by atoms with Crippen LogP contribution < -0.4 is 5.73 Å². The van der Waals surface area contributed by atoms with Crippen LogP contribution >= 0.6 is 11.6 Å². The van der Waals surface area contributed by atoms with Gasteiger partial charge in [-0.1, -0.05) is 0 Å². The maximum absolute atomic E-state index is 12.5. The van der Waals surface area contributed by atoms with Crippen molar-refractivity contribution in [2.24, 2.45) is 0 Å². The summed E-state index contributed by atoms with van der Waals surface area (Å²) in [6.45, 7) is 0. The highest BCUT2D eigenvalue weighted by molar-refractivity contribution is 6.16. The van der Waals surface area contributed by atoms with Crippen LogP contribution in [0, 0.1) is 10.1 Å². The molecule has 0 aliphatic heterocycles. The van der Waals surface area contributed by atoms with E-state index in [9.17, 15) is 18.9 Å². The average molecular weight is 238 g/mol. The van der Waals surface area contributed by atoms with Gasteiger partial charge < -0.3 is 5.73 Å². The van der Waals surface area contributed by atoms with Gasteiger partial charge in [0, 0.05) is 0 Å². The van der Waals surface area contributed by atoms with Crippen molar-refractivity contribution in [2.45, 2.75) is 12.3 Å². The number of halogens is 3. The molecule has 0 radical (unpaired) electrons. The van der Waals surface area contributed by atoms with Gasteiger partial charge in [-0.2, -0.15) is 0 Å². The lowest BCUT2D eigenvalue weighted by molar-refractivity contribution is -0.385. The standard InChI is InChI=1S/C7H6ClF2N3O2/c8-2-3-1-4(6(9)10)5(13(14)15)7(11)12-3/h1,6H,2H2,(H2,11,12). The van der Waals surface area contributed by atoms with Crippen molar-refractivity contribution in [1.82, 2.24) is 4.98 Å². The number of anilines is 1. The lowest BCUT2D eigenvalue weighted by Gasteiger charge is -2.05. The summed E-state index contributed by atoms with van der Waals surface area (Å²) in [5.41, 5.74) is 3.65. The van der Waals surface area contributed by atoms with Gasteiger partial charge in [0.25, 0.3) is 6.43 Å². The van der Waals surface area contributed by atoms with Crippen molar-refractivity contribution in [2.75, 3.05) is 5.73 Å². The number of pyridine rings is 1. The fourth-order valence-electron chi connectivity index (χ4n) is 1.07. The predicted octanol–water partition coefficient (Wildman–Crippen LogP) is 2.25. The summed E-state index contributed by atoms with van der Waals surface area (Å²) in [5.74, 6) is -0.685. The molecular weight excluding hydrogens is 232 g/mol. The molecule has 82 valence electrons. The van der Waals surface area contributed by atoms with Crippen molar-refractivity contribution >= 4 is 23.1 Å². The second-order valence-corrected chi connectivity index (χ2v) is 2.90. The molecule has 1 aromatic heterocycles.